The van der Waals surface area contributed by atoms with Gasteiger partial charge < -0.3 is 9.64 Å². The fraction of sp³-hybridized carbons (Fsp3) is 0.158. The van der Waals surface area contributed by atoms with Gasteiger partial charge in [-0.1, -0.05) is 18.2 Å². The first-order valence-electron chi connectivity index (χ1n) is 7.55. The van der Waals surface area contributed by atoms with Crippen LogP contribution in [-0.4, -0.2) is 25.0 Å². The third-order valence-corrected chi connectivity index (χ3v) is 3.39. The summed E-state index contributed by atoms with van der Waals surface area (Å²) in [6, 6.07) is 18.8. The minimum absolute atomic E-state index is 0.171. The van der Waals surface area contributed by atoms with Crippen molar-refractivity contribution in [3.05, 3.63) is 65.7 Å². The minimum atomic E-state index is -0.647. The predicted octanol–water partition coefficient (Wildman–Crippen LogP) is 2.66. The largest absolute Gasteiger partial charge is 0.452 e. The molecular formula is C19H15N3O3. The number of hydrogen-bond donors (Lipinski definition) is 0. The standard InChI is InChI=1S/C19H15N3O3/c20-11-4-12-22(17-5-2-1-3-6-17)18(23)14-25-19(24)16-9-7-15(13-21)8-10-16/h1-3,5-10H,4,12,14H2. The molecule has 0 bridgehead atoms. The Labute approximate surface area is 145 Å². The molecule has 0 fully saturated rings. The average molecular weight is 333 g/mol. The fourth-order valence-corrected chi connectivity index (χ4v) is 2.14. The van der Waals surface area contributed by atoms with E-state index in [0.29, 0.717) is 11.3 Å². The Kier molecular flexibility index (Phi) is 6.27. The van der Waals surface area contributed by atoms with Crippen molar-refractivity contribution in [1.29, 1.82) is 10.5 Å². The van der Waals surface area contributed by atoms with Crippen LogP contribution in [0.25, 0.3) is 0 Å². The second-order valence-electron chi connectivity index (χ2n) is 5.05. The number of carbonyl (C=O) groups is 2. The zero-order chi connectivity index (χ0) is 18.1. The van der Waals surface area contributed by atoms with Crippen molar-refractivity contribution >= 4 is 17.6 Å². The molecule has 0 aromatic heterocycles. The normalized spacial score (nSPS) is 9.52. The van der Waals surface area contributed by atoms with Crippen LogP contribution in [0.3, 0.4) is 0 Å². The molecule has 0 atom stereocenters. The number of nitrogens with zero attached hydrogens (tertiary/aromatic N) is 3. The number of ether oxygens (including phenoxy) is 1. The molecule has 0 aliphatic rings. The summed E-state index contributed by atoms with van der Waals surface area (Å²) in [7, 11) is 0. The van der Waals surface area contributed by atoms with E-state index < -0.39 is 18.5 Å². The molecule has 1 amide bonds. The maximum atomic E-state index is 12.4. The van der Waals surface area contributed by atoms with Crippen LogP contribution in [0.1, 0.15) is 22.3 Å². The maximum absolute atomic E-state index is 12.4. The van der Waals surface area contributed by atoms with Crippen molar-refractivity contribution in [2.24, 2.45) is 0 Å². The lowest BCUT2D eigenvalue weighted by Crippen LogP contribution is -2.35. The summed E-state index contributed by atoms with van der Waals surface area (Å²) in [5.41, 5.74) is 1.33. The highest BCUT2D eigenvalue weighted by molar-refractivity contribution is 5.97. The monoisotopic (exact) mass is 333 g/mol. The van der Waals surface area contributed by atoms with Crippen molar-refractivity contribution < 1.29 is 14.3 Å². The van der Waals surface area contributed by atoms with E-state index in [1.807, 2.05) is 18.2 Å². The summed E-state index contributed by atoms with van der Waals surface area (Å²) in [5, 5.41) is 17.5. The molecule has 0 unspecified atom stereocenters. The summed E-state index contributed by atoms with van der Waals surface area (Å²) in [4.78, 5) is 25.8. The van der Waals surface area contributed by atoms with Crippen LogP contribution >= 0.6 is 0 Å². The van der Waals surface area contributed by atoms with Crippen molar-refractivity contribution in [3.63, 3.8) is 0 Å². The summed E-state index contributed by atoms with van der Waals surface area (Å²) in [6.07, 6.45) is 0.171. The first kappa shape index (κ1) is 17.7. The second-order valence-corrected chi connectivity index (χ2v) is 5.05. The minimum Gasteiger partial charge on any atom is -0.452 e. The fourth-order valence-electron chi connectivity index (χ4n) is 2.14. The highest BCUT2D eigenvalue weighted by Crippen LogP contribution is 2.14. The van der Waals surface area contributed by atoms with E-state index in [2.05, 4.69) is 0 Å². The SMILES string of the molecule is N#CCCN(C(=O)COC(=O)c1ccc(C#N)cc1)c1ccccc1. The van der Waals surface area contributed by atoms with Crippen molar-refractivity contribution in [2.75, 3.05) is 18.1 Å². The Bertz CT molecular complexity index is 818. The lowest BCUT2D eigenvalue weighted by Gasteiger charge is -2.21. The van der Waals surface area contributed by atoms with Gasteiger partial charge in [-0.15, -0.1) is 0 Å². The van der Waals surface area contributed by atoms with Crippen LogP contribution in [0.2, 0.25) is 0 Å². The van der Waals surface area contributed by atoms with Crippen molar-refractivity contribution in [1.82, 2.24) is 0 Å². The third kappa shape index (κ3) is 4.92. The van der Waals surface area contributed by atoms with Crippen LogP contribution in [0, 0.1) is 22.7 Å². The van der Waals surface area contributed by atoms with Crippen LogP contribution in [0.4, 0.5) is 5.69 Å². The van der Waals surface area contributed by atoms with Gasteiger partial charge in [-0.2, -0.15) is 10.5 Å². The summed E-state index contributed by atoms with van der Waals surface area (Å²) < 4.78 is 5.05. The number of amides is 1. The van der Waals surface area contributed by atoms with Crippen molar-refractivity contribution in [2.45, 2.75) is 6.42 Å². The van der Waals surface area contributed by atoms with E-state index in [1.54, 1.807) is 24.3 Å². The lowest BCUT2D eigenvalue weighted by atomic mass is 10.1. The molecule has 2 aromatic carbocycles. The lowest BCUT2D eigenvalue weighted by molar-refractivity contribution is -0.121. The average Bonchev–Trinajstić information content (AvgIpc) is 2.67. The molecule has 2 aromatic rings. The van der Waals surface area contributed by atoms with E-state index in [0.717, 1.165) is 0 Å². The first-order chi connectivity index (χ1) is 12.2. The molecule has 0 N–H and O–H groups in total. The van der Waals surface area contributed by atoms with Gasteiger partial charge in [0.2, 0.25) is 0 Å². The van der Waals surface area contributed by atoms with Gasteiger partial charge >= 0.3 is 5.97 Å². The Hall–Kier alpha value is -3.64. The number of nitriles is 2. The summed E-state index contributed by atoms with van der Waals surface area (Å²) in [6.45, 7) is -0.215. The number of rotatable bonds is 6. The van der Waals surface area contributed by atoms with Crippen molar-refractivity contribution in [3.8, 4) is 12.1 Å². The van der Waals surface area contributed by atoms with Gasteiger partial charge in [0, 0.05) is 12.2 Å². The van der Waals surface area contributed by atoms with E-state index in [4.69, 9.17) is 15.3 Å². The molecule has 0 heterocycles. The zero-order valence-electron chi connectivity index (χ0n) is 13.4. The number of anilines is 1. The van der Waals surface area contributed by atoms with Gasteiger partial charge in [0.15, 0.2) is 6.61 Å². The quantitative estimate of drug-likeness (QED) is 0.758. The van der Waals surface area contributed by atoms with E-state index in [-0.39, 0.29) is 18.5 Å². The molecule has 0 spiro atoms. The Morgan fingerprint density at radius 3 is 2.28 bits per heavy atom. The number of esters is 1. The molecule has 0 radical (unpaired) electrons. The summed E-state index contributed by atoms with van der Waals surface area (Å²) in [5.74, 6) is -1.06. The van der Waals surface area contributed by atoms with E-state index >= 15 is 0 Å². The third-order valence-electron chi connectivity index (χ3n) is 3.39. The Morgan fingerprint density at radius 2 is 1.68 bits per heavy atom. The van der Waals surface area contributed by atoms with Gasteiger partial charge in [-0.05, 0) is 36.4 Å². The van der Waals surface area contributed by atoms with Gasteiger partial charge in [0.1, 0.15) is 0 Å². The molecule has 0 saturated carbocycles. The maximum Gasteiger partial charge on any atom is 0.338 e. The van der Waals surface area contributed by atoms with E-state index in [9.17, 15) is 9.59 Å². The molecule has 25 heavy (non-hydrogen) atoms. The molecule has 124 valence electrons. The molecular weight excluding hydrogens is 318 g/mol. The molecule has 2 rings (SSSR count). The predicted molar refractivity (Wildman–Crippen MR) is 90.5 cm³/mol. The molecule has 6 nitrogen and oxygen atoms in total. The molecule has 6 heteroatoms. The molecule has 0 aliphatic heterocycles. The number of benzene rings is 2. The van der Waals surface area contributed by atoms with Crippen LogP contribution in [0.15, 0.2) is 54.6 Å². The highest BCUT2D eigenvalue weighted by atomic mass is 16.5. The number of carbonyl (C=O) groups excluding carboxylic acids is 2. The number of para-hydroxylation sites is 1. The molecule has 0 aliphatic carbocycles. The Morgan fingerprint density at radius 1 is 1.00 bits per heavy atom. The van der Waals surface area contributed by atoms with E-state index in [1.165, 1.54) is 29.2 Å². The van der Waals surface area contributed by atoms with Crippen LogP contribution in [-0.2, 0) is 9.53 Å². The first-order valence-corrected chi connectivity index (χ1v) is 7.55. The van der Waals surface area contributed by atoms with Gasteiger partial charge in [-0.25, -0.2) is 4.79 Å². The van der Waals surface area contributed by atoms with Gasteiger partial charge in [-0.3, -0.25) is 4.79 Å². The number of hydrogen-bond acceptors (Lipinski definition) is 5. The second kappa shape index (κ2) is 8.85. The topological polar surface area (TPSA) is 94.2 Å². The van der Waals surface area contributed by atoms with Gasteiger partial charge in [0.25, 0.3) is 5.91 Å². The zero-order valence-corrected chi connectivity index (χ0v) is 13.4. The highest BCUT2D eigenvalue weighted by Gasteiger charge is 2.18. The van der Waals surface area contributed by atoms with Crippen LogP contribution in [0.5, 0.6) is 0 Å². The van der Waals surface area contributed by atoms with Crippen LogP contribution < -0.4 is 4.90 Å². The molecule has 0 saturated heterocycles. The smallest absolute Gasteiger partial charge is 0.338 e. The summed E-state index contributed by atoms with van der Waals surface area (Å²) >= 11 is 0. The Balaban J connectivity index is 2.01. The van der Waals surface area contributed by atoms with Gasteiger partial charge in [0.05, 0.1) is 29.7 Å².